The number of carbonyl (C=O) groups excluding carboxylic acids is 1. The predicted molar refractivity (Wildman–Crippen MR) is 199 cm³/mol. The van der Waals surface area contributed by atoms with Crippen LogP contribution in [0.5, 0.6) is 0 Å². The molecule has 0 aromatic rings. The monoisotopic (exact) mass is 639 g/mol. The molecular formula is C42H70O4. The smallest absolute Gasteiger partial charge is 0.345 e. The van der Waals surface area contributed by atoms with E-state index in [0.29, 0.717) is 12.8 Å². The molecule has 0 aliphatic rings. The van der Waals surface area contributed by atoms with Crippen molar-refractivity contribution in [2.45, 2.75) is 180 Å². The van der Waals surface area contributed by atoms with Crippen molar-refractivity contribution in [2.24, 2.45) is 0 Å². The summed E-state index contributed by atoms with van der Waals surface area (Å²) >= 11 is 0. The number of ether oxygens (including phenoxy) is 1. The third-order valence-electron chi connectivity index (χ3n) is 7.98. The molecule has 0 aliphatic carbocycles. The Kier molecular flexibility index (Phi) is 34.7. The maximum Gasteiger partial charge on any atom is 0.345 e. The molecule has 262 valence electrons. The zero-order chi connectivity index (χ0) is 33.6. The highest BCUT2D eigenvalue weighted by molar-refractivity contribution is 5.78. The Bertz CT molecular complexity index is 861. The van der Waals surface area contributed by atoms with Gasteiger partial charge < -0.3 is 9.84 Å². The van der Waals surface area contributed by atoms with E-state index in [1.807, 2.05) is 12.2 Å². The molecule has 4 heteroatoms. The number of aliphatic carboxylic acids is 1. The van der Waals surface area contributed by atoms with Crippen molar-refractivity contribution in [3.8, 4) is 0 Å². The van der Waals surface area contributed by atoms with Crippen LogP contribution in [0.2, 0.25) is 0 Å². The molecule has 0 aromatic carbocycles. The van der Waals surface area contributed by atoms with Crippen molar-refractivity contribution in [1.29, 1.82) is 0 Å². The number of allylic oxidation sites excluding steroid dienone is 12. The van der Waals surface area contributed by atoms with Crippen LogP contribution < -0.4 is 0 Å². The molecule has 1 unspecified atom stereocenters. The van der Waals surface area contributed by atoms with E-state index >= 15 is 0 Å². The molecule has 0 saturated carbocycles. The first kappa shape index (κ1) is 43.4. The highest BCUT2D eigenvalue weighted by atomic mass is 16.6. The summed E-state index contributed by atoms with van der Waals surface area (Å²) in [6.07, 6.45) is 52.2. The minimum Gasteiger partial charge on any atom is -0.479 e. The molecule has 0 saturated heterocycles. The van der Waals surface area contributed by atoms with Crippen molar-refractivity contribution in [1.82, 2.24) is 0 Å². The van der Waals surface area contributed by atoms with E-state index in [2.05, 4.69) is 74.6 Å². The molecule has 0 bridgehead atoms. The predicted octanol–water partition coefficient (Wildman–Crippen LogP) is 13.1. The summed E-state index contributed by atoms with van der Waals surface area (Å²) < 4.78 is 5.27. The third-order valence-corrected chi connectivity index (χ3v) is 7.98. The van der Waals surface area contributed by atoms with E-state index in [9.17, 15) is 14.7 Å². The fraction of sp³-hybridized carbons (Fsp3) is 0.667. The average molecular weight is 639 g/mol. The zero-order valence-corrected chi connectivity index (χ0v) is 29.9. The van der Waals surface area contributed by atoms with Crippen LogP contribution in [0.4, 0.5) is 0 Å². The van der Waals surface area contributed by atoms with Crippen LogP contribution >= 0.6 is 0 Å². The number of hydrogen-bond donors (Lipinski definition) is 1. The van der Waals surface area contributed by atoms with Gasteiger partial charge in [-0.2, -0.15) is 0 Å². The quantitative estimate of drug-likeness (QED) is 0.0441. The Morgan fingerprint density at radius 3 is 1.22 bits per heavy atom. The molecule has 1 atom stereocenters. The Morgan fingerprint density at radius 1 is 0.500 bits per heavy atom. The van der Waals surface area contributed by atoms with Crippen molar-refractivity contribution >= 4 is 11.9 Å². The molecular weight excluding hydrogens is 568 g/mol. The van der Waals surface area contributed by atoms with Crippen molar-refractivity contribution in [2.75, 3.05) is 0 Å². The lowest BCUT2D eigenvalue weighted by atomic mass is 10.0. The molecule has 0 fully saturated rings. The molecule has 0 aliphatic heterocycles. The maximum atomic E-state index is 12.2. The van der Waals surface area contributed by atoms with Gasteiger partial charge in [0.25, 0.3) is 0 Å². The minimum atomic E-state index is -1.04. The minimum absolute atomic E-state index is 0.213. The summed E-state index contributed by atoms with van der Waals surface area (Å²) in [6.45, 7) is 4.42. The lowest BCUT2D eigenvalue weighted by molar-refractivity contribution is -0.164. The van der Waals surface area contributed by atoms with Crippen LogP contribution in [0.15, 0.2) is 72.9 Å². The second-order valence-corrected chi connectivity index (χ2v) is 12.4. The first-order valence-corrected chi connectivity index (χ1v) is 18.9. The van der Waals surface area contributed by atoms with Crippen LogP contribution in [0.25, 0.3) is 0 Å². The second-order valence-electron chi connectivity index (χ2n) is 12.4. The standard InChI is InChI=1S/C42H70O4/c1-3-5-7-9-11-13-15-17-19-21-22-23-25-27-29-31-33-35-37-39-41(43)46-40(42(44)45)38-36-34-32-30-28-26-24-20-18-16-14-12-10-8-6-4-2/h5,7,11,13,17,19,22-23,27,29,33,35,40H,3-4,6,8-10,12,14-16,18,20-21,24-26,28,30-32,34,36-39H2,1-2H3,(H,44,45)/b7-5-,13-11-,19-17-,23-22-,29-27-,35-33-. The number of carboxylic acid groups (broad SMARTS) is 1. The van der Waals surface area contributed by atoms with Crippen LogP contribution in [-0.2, 0) is 14.3 Å². The maximum absolute atomic E-state index is 12.2. The van der Waals surface area contributed by atoms with Crippen LogP contribution in [0.3, 0.4) is 0 Å². The molecule has 0 amide bonds. The number of carboxylic acids is 1. The number of esters is 1. The van der Waals surface area contributed by atoms with E-state index in [1.54, 1.807) is 0 Å². The van der Waals surface area contributed by atoms with E-state index in [4.69, 9.17) is 4.74 Å². The molecule has 1 N–H and O–H groups in total. The van der Waals surface area contributed by atoms with Gasteiger partial charge in [-0.3, -0.25) is 4.79 Å². The lowest BCUT2D eigenvalue weighted by Crippen LogP contribution is -2.26. The van der Waals surface area contributed by atoms with E-state index in [0.717, 1.165) is 57.8 Å². The first-order valence-electron chi connectivity index (χ1n) is 18.9. The topological polar surface area (TPSA) is 63.6 Å². The van der Waals surface area contributed by atoms with Gasteiger partial charge in [-0.05, 0) is 57.8 Å². The van der Waals surface area contributed by atoms with Gasteiger partial charge in [-0.15, -0.1) is 0 Å². The molecule has 0 heterocycles. The van der Waals surface area contributed by atoms with Gasteiger partial charge in [0.1, 0.15) is 0 Å². The Labute approximate surface area is 284 Å². The summed E-state index contributed by atoms with van der Waals surface area (Å²) in [6, 6.07) is 0. The number of unbranched alkanes of at least 4 members (excludes halogenated alkanes) is 15. The fourth-order valence-electron chi connectivity index (χ4n) is 5.17. The molecule has 0 radical (unpaired) electrons. The van der Waals surface area contributed by atoms with Crippen molar-refractivity contribution < 1.29 is 19.4 Å². The Hall–Kier alpha value is -2.62. The number of hydrogen-bond acceptors (Lipinski definition) is 3. The van der Waals surface area contributed by atoms with Gasteiger partial charge in [0.05, 0.1) is 0 Å². The lowest BCUT2D eigenvalue weighted by Gasteiger charge is -2.13. The van der Waals surface area contributed by atoms with Crippen LogP contribution in [0.1, 0.15) is 174 Å². The van der Waals surface area contributed by atoms with Crippen molar-refractivity contribution in [3.63, 3.8) is 0 Å². The highest BCUT2D eigenvalue weighted by Gasteiger charge is 2.21. The molecule has 0 spiro atoms. The molecule has 4 nitrogen and oxygen atoms in total. The molecule has 0 aromatic heterocycles. The van der Waals surface area contributed by atoms with Gasteiger partial charge in [-0.1, -0.05) is 183 Å². The zero-order valence-electron chi connectivity index (χ0n) is 29.9. The SMILES string of the molecule is CC/C=C\C/C=C\C/C=C\C/C=C\C/C=C\C/C=C\CCC(=O)OC(CCCCCCCCCCCCCCCCCC)C(=O)O. The van der Waals surface area contributed by atoms with Gasteiger partial charge in [-0.25, -0.2) is 4.79 Å². The Balaban J connectivity index is 3.73. The second kappa shape index (κ2) is 36.8. The summed E-state index contributed by atoms with van der Waals surface area (Å²) in [5, 5.41) is 9.47. The third kappa shape index (κ3) is 34.3. The Morgan fingerprint density at radius 2 is 0.848 bits per heavy atom. The first-order chi connectivity index (χ1) is 22.6. The summed E-state index contributed by atoms with van der Waals surface area (Å²) in [4.78, 5) is 23.7. The largest absolute Gasteiger partial charge is 0.479 e. The van der Waals surface area contributed by atoms with E-state index in [-0.39, 0.29) is 6.42 Å². The van der Waals surface area contributed by atoms with Crippen LogP contribution in [0, 0.1) is 0 Å². The fourth-order valence-corrected chi connectivity index (χ4v) is 5.17. The van der Waals surface area contributed by atoms with Crippen LogP contribution in [-0.4, -0.2) is 23.1 Å². The normalized spacial score (nSPS) is 13.1. The summed E-state index contributed by atoms with van der Waals surface area (Å²) in [5.41, 5.74) is 0. The van der Waals surface area contributed by atoms with Gasteiger partial charge >= 0.3 is 11.9 Å². The van der Waals surface area contributed by atoms with Gasteiger partial charge in [0, 0.05) is 6.42 Å². The number of rotatable bonds is 33. The van der Waals surface area contributed by atoms with Gasteiger partial charge in [0.2, 0.25) is 0 Å². The van der Waals surface area contributed by atoms with Gasteiger partial charge in [0.15, 0.2) is 6.10 Å². The average Bonchev–Trinajstić information content (AvgIpc) is 3.05. The van der Waals surface area contributed by atoms with E-state index in [1.165, 1.54) is 83.5 Å². The molecule has 0 rings (SSSR count). The van der Waals surface area contributed by atoms with Crippen molar-refractivity contribution in [3.05, 3.63) is 72.9 Å². The molecule has 46 heavy (non-hydrogen) atoms. The number of carbonyl (C=O) groups is 2. The highest BCUT2D eigenvalue weighted by Crippen LogP contribution is 2.15. The van der Waals surface area contributed by atoms with E-state index < -0.39 is 18.0 Å². The summed E-state index contributed by atoms with van der Waals surface area (Å²) in [7, 11) is 0. The summed E-state index contributed by atoms with van der Waals surface area (Å²) in [5.74, 6) is -1.47.